The lowest BCUT2D eigenvalue weighted by Gasteiger charge is -2.11. The number of nitrogens with zero attached hydrogens (tertiary/aromatic N) is 2. The van der Waals surface area contributed by atoms with Gasteiger partial charge < -0.3 is 9.26 Å². The van der Waals surface area contributed by atoms with E-state index < -0.39 is 10.0 Å². The van der Waals surface area contributed by atoms with Crippen molar-refractivity contribution in [3.8, 4) is 17.2 Å². The summed E-state index contributed by atoms with van der Waals surface area (Å²) in [6.45, 7) is 8.62. The molecular weight excluding hydrogens is 342 g/mol. The summed E-state index contributed by atoms with van der Waals surface area (Å²) in [5.74, 6) is 1.43. The first-order valence-electron chi connectivity index (χ1n) is 8.49. The van der Waals surface area contributed by atoms with Crippen LogP contribution in [0.2, 0.25) is 0 Å². The van der Waals surface area contributed by atoms with E-state index in [0.29, 0.717) is 30.3 Å². The van der Waals surface area contributed by atoms with Gasteiger partial charge in [0, 0.05) is 12.5 Å². The number of hydrogen-bond donors (Lipinski definition) is 1. The molecule has 0 aliphatic rings. The fraction of sp³-hybridized carbons (Fsp3) is 0.529. The maximum Gasteiger partial charge on any atom is 0.261 e. The highest BCUT2D eigenvalue weighted by atomic mass is 32.2. The van der Waals surface area contributed by atoms with Gasteiger partial charge in [0.25, 0.3) is 5.89 Å². The van der Waals surface area contributed by atoms with Gasteiger partial charge in [0.05, 0.1) is 17.1 Å². The molecule has 0 unspecified atom stereocenters. The Labute approximate surface area is 148 Å². The maximum absolute atomic E-state index is 12.5. The Morgan fingerprint density at radius 2 is 2.04 bits per heavy atom. The van der Waals surface area contributed by atoms with Crippen LogP contribution in [-0.4, -0.2) is 31.7 Å². The van der Waals surface area contributed by atoms with Crippen LogP contribution in [0, 0.1) is 0 Å². The van der Waals surface area contributed by atoms with E-state index >= 15 is 0 Å². The number of aromatic nitrogens is 2. The van der Waals surface area contributed by atoms with Crippen molar-refractivity contribution in [2.75, 3.05) is 13.2 Å². The Hall–Kier alpha value is -1.93. The third-order valence-corrected chi connectivity index (χ3v) is 5.03. The number of hydrogen-bond acceptors (Lipinski definition) is 6. The molecule has 0 aliphatic heterocycles. The average molecular weight is 367 g/mol. The van der Waals surface area contributed by atoms with E-state index in [2.05, 4.69) is 14.9 Å². The normalized spacial score (nSPS) is 11.9. The van der Waals surface area contributed by atoms with Gasteiger partial charge in [0.1, 0.15) is 5.75 Å². The van der Waals surface area contributed by atoms with Gasteiger partial charge in [-0.15, -0.1) is 0 Å². The predicted octanol–water partition coefficient (Wildman–Crippen LogP) is 3.34. The smallest absolute Gasteiger partial charge is 0.261 e. The van der Waals surface area contributed by atoms with E-state index in [4.69, 9.17) is 9.26 Å². The molecule has 0 aliphatic carbocycles. The molecular formula is C17H25N3O4S. The summed E-state index contributed by atoms with van der Waals surface area (Å²) in [5.41, 5.74) is 0.472. The summed E-state index contributed by atoms with van der Waals surface area (Å²) in [4.78, 5) is 4.49. The molecule has 0 radical (unpaired) electrons. The number of unbranched alkanes of at least 4 members (excludes halogenated alkanes) is 1. The van der Waals surface area contributed by atoms with Crippen molar-refractivity contribution < 1.29 is 17.7 Å². The fourth-order valence-corrected chi connectivity index (χ4v) is 3.27. The molecule has 0 saturated heterocycles. The lowest BCUT2D eigenvalue weighted by molar-refractivity contribution is 0.338. The summed E-state index contributed by atoms with van der Waals surface area (Å²) in [6.07, 6.45) is 1.70. The second-order valence-electron chi connectivity index (χ2n) is 5.95. The van der Waals surface area contributed by atoms with Crippen LogP contribution in [0.25, 0.3) is 11.5 Å². The van der Waals surface area contributed by atoms with Crippen LogP contribution in [0.4, 0.5) is 0 Å². The Kier molecular flexibility index (Phi) is 6.55. The van der Waals surface area contributed by atoms with E-state index in [1.165, 1.54) is 12.1 Å². The molecule has 0 fully saturated rings. The van der Waals surface area contributed by atoms with Crippen LogP contribution in [-0.2, 0) is 10.0 Å². The molecule has 1 N–H and O–H groups in total. The van der Waals surface area contributed by atoms with Gasteiger partial charge in [-0.1, -0.05) is 32.3 Å². The number of benzene rings is 1. The minimum atomic E-state index is -3.60. The molecule has 1 aromatic carbocycles. The first kappa shape index (κ1) is 19.4. The molecule has 7 nitrogen and oxygen atoms in total. The van der Waals surface area contributed by atoms with Crippen LogP contribution in [0.5, 0.6) is 5.75 Å². The van der Waals surface area contributed by atoms with E-state index in [-0.39, 0.29) is 16.7 Å². The van der Waals surface area contributed by atoms with Crippen LogP contribution in [0.1, 0.15) is 52.3 Å². The van der Waals surface area contributed by atoms with Crippen LogP contribution < -0.4 is 9.46 Å². The number of nitrogens with one attached hydrogen (secondary N) is 1. The van der Waals surface area contributed by atoms with E-state index in [1.807, 2.05) is 27.7 Å². The maximum atomic E-state index is 12.5. The van der Waals surface area contributed by atoms with Gasteiger partial charge >= 0.3 is 0 Å². The molecule has 2 rings (SSSR count). The quantitative estimate of drug-likeness (QED) is 0.683. The zero-order chi connectivity index (χ0) is 18.4. The van der Waals surface area contributed by atoms with Crippen molar-refractivity contribution in [1.29, 1.82) is 0 Å². The second-order valence-corrected chi connectivity index (χ2v) is 7.72. The Morgan fingerprint density at radius 1 is 1.28 bits per heavy atom. The topological polar surface area (TPSA) is 94.3 Å². The van der Waals surface area contributed by atoms with Crippen molar-refractivity contribution in [2.24, 2.45) is 0 Å². The monoisotopic (exact) mass is 367 g/mol. The minimum absolute atomic E-state index is 0.107. The number of rotatable bonds is 9. The minimum Gasteiger partial charge on any atom is -0.493 e. The lowest BCUT2D eigenvalue weighted by atomic mass is 10.2. The average Bonchev–Trinajstić information content (AvgIpc) is 3.05. The molecule has 0 atom stereocenters. The van der Waals surface area contributed by atoms with Crippen molar-refractivity contribution >= 4 is 10.0 Å². The van der Waals surface area contributed by atoms with Crippen molar-refractivity contribution in [3.63, 3.8) is 0 Å². The predicted molar refractivity (Wildman–Crippen MR) is 95.1 cm³/mol. The van der Waals surface area contributed by atoms with Gasteiger partial charge in [0.15, 0.2) is 5.82 Å². The highest BCUT2D eigenvalue weighted by Crippen LogP contribution is 2.32. The standard InChI is InChI=1S/C17H25N3O4S/c1-5-7-10-18-25(21,22)13-8-9-15(23-6-2)14(11-13)17-19-16(12(3)4)20-24-17/h8-9,11-12,18H,5-7,10H2,1-4H3. The third-order valence-electron chi connectivity index (χ3n) is 3.57. The first-order chi connectivity index (χ1) is 11.9. The molecule has 2 aromatic rings. The molecule has 0 amide bonds. The molecule has 1 heterocycles. The second kappa shape index (κ2) is 8.44. The summed E-state index contributed by atoms with van der Waals surface area (Å²) >= 11 is 0. The molecule has 138 valence electrons. The SMILES string of the molecule is CCCCNS(=O)(=O)c1ccc(OCC)c(-c2nc(C(C)C)no2)c1. The fourth-order valence-electron chi connectivity index (χ4n) is 2.17. The van der Waals surface area contributed by atoms with Gasteiger partial charge in [-0.05, 0) is 31.5 Å². The van der Waals surface area contributed by atoms with Crippen LogP contribution in [0.15, 0.2) is 27.6 Å². The van der Waals surface area contributed by atoms with Crippen molar-refractivity contribution in [1.82, 2.24) is 14.9 Å². The Balaban J connectivity index is 2.42. The molecule has 0 saturated carbocycles. The molecule has 0 spiro atoms. The lowest BCUT2D eigenvalue weighted by Crippen LogP contribution is -2.24. The van der Waals surface area contributed by atoms with Crippen LogP contribution >= 0.6 is 0 Å². The Morgan fingerprint density at radius 3 is 2.64 bits per heavy atom. The number of sulfonamides is 1. The highest BCUT2D eigenvalue weighted by molar-refractivity contribution is 7.89. The van der Waals surface area contributed by atoms with Gasteiger partial charge in [0.2, 0.25) is 10.0 Å². The van der Waals surface area contributed by atoms with E-state index in [0.717, 1.165) is 12.8 Å². The molecule has 25 heavy (non-hydrogen) atoms. The van der Waals surface area contributed by atoms with Crippen LogP contribution in [0.3, 0.4) is 0 Å². The van der Waals surface area contributed by atoms with Gasteiger partial charge in [-0.25, -0.2) is 13.1 Å². The third kappa shape index (κ3) is 4.79. The van der Waals surface area contributed by atoms with Gasteiger partial charge in [-0.2, -0.15) is 4.98 Å². The zero-order valence-electron chi connectivity index (χ0n) is 15.1. The molecule has 0 bridgehead atoms. The highest BCUT2D eigenvalue weighted by Gasteiger charge is 2.21. The largest absolute Gasteiger partial charge is 0.493 e. The summed E-state index contributed by atoms with van der Waals surface area (Å²) in [7, 11) is -3.60. The van der Waals surface area contributed by atoms with Crippen molar-refractivity contribution in [3.05, 3.63) is 24.0 Å². The first-order valence-corrected chi connectivity index (χ1v) is 9.97. The summed E-state index contributed by atoms with van der Waals surface area (Å²) in [6, 6.07) is 4.64. The van der Waals surface area contributed by atoms with Crippen molar-refractivity contribution in [2.45, 2.75) is 51.3 Å². The molecule has 1 aromatic heterocycles. The van der Waals surface area contributed by atoms with E-state index in [9.17, 15) is 8.42 Å². The summed E-state index contributed by atoms with van der Waals surface area (Å²) < 4.78 is 38.4. The number of ether oxygens (including phenoxy) is 1. The van der Waals surface area contributed by atoms with Gasteiger partial charge in [-0.3, -0.25) is 0 Å². The summed E-state index contributed by atoms with van der Waals surface area (Å²) in [5, 5.41) is 3.94. The van der Waals surface area contributed by atoms with E-state index in [1.54, 1.807) is 6.07 Å². The Bertz CT molecular complexity index is 800. The molecule has 8 heteroatoms. The zero-order valence-corrected chi connectivity index (χ0v) is 15.9.